The third-order valence-corrected chi connectivity index (χ3v) is 4.19. The molecule has 1 saturated heterocycles. The van der Waals surface area contributed by atoms with Gasteiger partial charge in [0.2, 0.25) is 0 Å². The number of carbonyl (C=O) groups excluding carboxylic acids is 1. The number of anilines is 2. The summed E-state index contributed by atoms with van der Waals surface area (Å²) < 4.78 is 43.8. The van der Waals surface area contributed by atoms with Crippen molar-refractivity contribution in [3.8, 4) is 0 Å². The van der Waals surface area contributed by atoms with Crippen molar-refractivity contribution < 1.29 is 22.7 Å². The summed E-state index contributed by atoms with van der Waals surface area (Å²) >= 11 is 5.98. The number of nitrogens with zero attached hydrogens (tertiary/aromatic N) is 2. The molecule has 1 aromatic carbocycles. The Morgan fingerprint density at radius 1 is 1.19 bits per heavy atom. The van der Waals surface area contributed by atoms with E-state index < -0.39 is 11.7 Å². The quantitative estimate of drug-likeness (QED) is 0.868. The van der Waals surface area contributed by atoms with Gasteiger partial charge in [-0.15, -0.1) is 0 Å². The average Bonchev–Trinajstić information content (AvgIpc) is 2.63. The fourth-order valence-electron chi connectivity index (χ4n) is 2.53. The first-order chi connectivity index (χ1) is 12.3. The van der Waals surface area contributed by atoms with Crippen molar-refractivity contribution in [3.63, 3.8) is 0 Å². The number of alkyl halides is 3. The molecule has 2 heterocycles. The standard InChI is InChI=1S/C17H15ClF3N3O2/c18-14-2-1-12(17(19,20)21)8-15(14)23-13-7-11(9-22-10-13)16(25)24-3-5-26-6-4-24/h1-2,7-10,23H,3-6H2. The van der Waals surface area contributed by atoms with Crippen LogP contribution in [0.15, 0.2) is 36.7 Å². The normalized spacial score (nSPS) is 15.0. The van der Waals surface area contributed by atoms with Crippen molar-refractivity contribution >= 4 is 28.9 Å². The van der Waals surface area contributed by atoms with E-state index >= 15 is 0 Å². The largest absolute Gasteiger partial charge is 0.416 e. The molecular weight excluding hydrogens is 371 g/mol. The third kappa shape index (κ3) is 4.25. The van der Waals surface area contributed by atoms with Crippen LogP contribution < -0.4 is 5.32 Å². The molecule has 138 valence electrons. The minimum atomic E-state index is -4.48. The zero-order valence-electron chi connectivity index (χ0n) is 13.5. The Bertz CT molecular complexity index is 808. The third-order valence-electron chi connectivity index (χ3n) is 3.86. The van der Waals surface area contributed by atoms with E-state index in [9.17, 15) is 18.0 Å². The first-order valence-corrected chi connectivity index (χ1v) is 8.18. The molecule has 3 rings (SSSR count). The molecular formula is C17H15ClF3N3O2. The van der Waals surface area contributed by atoms with Crippen molar-refractivity contribution in [2.24, 2.45) is 0 Å². The number of nitrogens with one attached hydrogen (secondary N) is 1. The SMILES string of the molecule is O=C(c1cncc(Nc2cc(C(F)(F)F)ccc2Cl)c1)N1CCOCC1. The molecule has 9 heteroatoms. The molecule has 1 fully saturated rings. The summed E-state index contributed by atoms with van der Waals surface area (Å²) in [5, 5.41) is 2.92. The van der Waals surface area contributed by atoms with E-state index in [1.54, 1.807) is 4.90 Å². The summed E-state index contributed by atoms with van der Waals surface area (Å²) in [6, 6.07) is 4.52. The lowest BCUT2D eigenvalue weighted by Crippen LogP contribution is -2.40. The predicted octanol–water partition coefficient (Wildman–Crippen LogP) is 3.97. The molecule has 1 amide bonds. The fraction of sp³-hybridized carbons (Fsp3) is 0.294. The monoisotopic (exact) mass is 385 g/mol. The molecule has 0 unspecified atom stereocenters. The van der Waals surface area contributed by atoms with Gasteiger partial charge in [-0.3, -0.25) is 9.78 Å². The van der Waals surface area contributed by atoms with E-state index in [2.05, 4.69) is 10.3 Å². The molecule has 0 spiro atoms. The smallest absolute Gasteiger partial charge is 0.378 e. The van der Waals surface area contributed by atoms with Gasteiger partial charge in [-0.05, 0) is 24.3 Å². The molecule has 0 atom stereocenters. The van der Waals surface area contributed by atoms with Gasteiger partial charge in [0, 0.05) is 19.3 Å². The second-order valence-corrected chi connectivity index (χ2v) is 6.09. The maximum Gasteiger partial charge on any atom is 0.416 e. The van der Waals surface area contributed by atoms with E-state index in [-0.39, 0.29) is 16.6 Å². The first-order valence-electron chi connectivity index (χ1n) is 7.80. The van der Waals surface area contributed by atoms with Crippen LogP contribution >= 0.6 is 11.6 Å². The van der Waals surface area contributed by atoms with E-state index in [4.69, 9.17) is 16.3 Å². The molecule has 0 radical (unpaired) electrons. The van der Waals surface area contributed by atoms with Crippen LogP contribution in [0.25, 0.3) is 0 Å². The van der Waals surface area contributed by atoms with E-state index in [1.807, 2.05) is 0 Å². The van der Waals surface area contributed by atoms with Crippen molar-refractivity contribution in [2.75, 3.05) is 31.6 Å². The Morgan fingerprint density at radius 3 is 2.62 bits per heavy atom. The molecule has 0 bridgehead atoms. The first kappa shape index (κ1) is 18.5. The Morgan fingerprint density at radius 2 is 1.92 bits per heavy atom. The highest BCUT2D eigenvalue weighted by molar-refractivity contribution is 6.33. The number of halogens is 4. The number of morpholine rings is 1. The highest BCUT2D eigenvalue weighted by Crippen LogP contribution is 2.35. The molecule has 5 nitrogen and oxygen atoms in total. The molecule has 26 heavy (non-hydrogen) atoms. The number of pyridine rings is 1. The average molecular weight is 386 g/mol. The predicted molar refractivity (Wildman–Crippen MR) is 90.7 cm³/mol. The number of hydrogen-bond acceptors (Lipinski definition) is 4. The van der Waals surface area contributed by atoms with Crippen LogP contribution in [0.5, 0.6) is 0 Å². The number of hydrogen-bond donors (Lipinski definition) is 1. The summed E-state index contributed by atoms with van der Waals surface area (Å²) in [5.74, 6) is -0.209. The van der Waals surface area contributed by atoms with Crippen LogP contribution in [0, 0.1) is 0 Å². The zero-order chi connectivity index (χ0) is 18.7. The maximum atomic E-state index is 12.9. The van der Waals surface area contributed by atoms with Gasteiger partial charge in [0.15, 0.2) is 0 Å². The van der Waals surface area contributed by atoms with Crippen LogP contribution in [0.4, 0.5) is 24.5 Å². The van der Waals surface area contributed by atoms with Gasteiger partial charge in [0.25, 0.3) is 5.91 Å². The van der Waals surface area contributed by atoms with Crippen LogP contribution in [-0.4, -0.2) is 42.1 Å². The highest BCUT2D eigenvalue weighted by Gasteiger charge is 2.31. The fourth-order valence-corrected chi connectivity index (χ4v) is 2.69. The van der Waals surface area contributed by atoms with E-state index in [0.29, 0.717) is 37.6 Å². The Kier molecular flexibility index (Phi) is 5.33. The molecule has 1 N–H and O–H groups in total. The summed E-state index contributed by atoms with van der Waals surface area (Å²) in [5.41, 5.74) is -0.0393. The van der Waals surface area contributed by atoms with Gasteiger partial charge < -0.3 is 15.0 Å². The number of amides is 1. The molecule has 2 aromatic rings. The lowest BCUT2D eigenvalue weighted by Gasteiger charge is -2.26. The van der Waals surface area contributed by atoms with Crippen LogP contribution in [0.1, 0.15) is 15.9 Å². The summed E-state index contributed by atoms with van der Waals surface area (Å²) in [6.07, 6.45) is -1.66. The highest BCUT2D eigenvalue weighted by atomic mass is 35.5. The zero-order valence-corrected chi connectivity index (χ0v) is 14.3. The number of benzene rings is 1. The Hall–Kier alpha value is -2.32. The number of ether oxygens (including phenoxy) is 1. The Balaban J connectivity index is 1.82. The van der Waals surface area contributed by atoms with Gasteiger partial charge in [0.1, 0.15) is 0 Å². The van der Waals surface area contributed by atoms with Crippen LogP contribution in [0.3, 0.4) is 0 Å². The molecule has 0 saturated carbocycles. The second kappa shape index (κ2) is 7.51. The van der Waals surface area contributed by atoms with Gasteiger partial charge in [-0.1, -0.05) is 11.6 Å². The van der Waals surface area contributed by atoms with Crippen molar-refractivity contribution in [1.29, 1.82) is 0 Å². The number of carbonyl (C=O) groups is 1. The van der Waals surface area contributed by atoms with Gasteiger partial charge in [-0.2, -0.15) is 13.2 Å². The summed E-state index contributed by atoms with van der Waals surface area (Å²) in [7, 11) is 0. The van der Waals surface area contributed by atoms with Gasteiger partial charge in [-0.25, -0.2) is 0 Å². The van der Waals surface area contributed by atoms with E-state index in [1.165, 1.54) is 24.5 Å². The molecule has 1 aliphatic rings. The Labute approximate surface area is 152 Å². The maximum absolute atomic E-state index is 12.9. The molecule has 1 aromatic heterocycles. The van der Waals surface area contributed by atoms with Gasteiger partial charge in [0.05, 0.1) is 46.9 Å². The van der Waals surface area contributed by atoms with Crippen LogP contribution in [0.2, 0.25) is 5.02 Å². The van der Waals surface area contributed by atoms with E-state index in [0.717, 1.165) is 12.1 Å². The van der Waals surface area contributed by atoms with Crippen molar-refractivity contribution in [3.05, 3.63) is 52.8 Å². The minimum Gasteiger partial charge on any atom is -0.378 e. The minimum absolute atomic E-state index is 0.0827. The van der Waals surface area contributed by atoms with Crippen molar-refractivity contribution in [1.82, 2.24) is 9.88 Å². The summed E-state index contributed by atoms with van der Waals surface area (Å²) in [4.78, 5) is 18.1. The lowest BCUT2D eigenvalue weighted by molar-refractivity contribution is -0.137. The topological polar surface area (TPSA) is 54.5 Å². The van der Waals surface area contributed by atoms with Crippen LogP contribution in [-0.2, 0) is 10.9 Å². The van der Waals surface area contributed by atoms with Gasteiger partial charge >= 0.3 is 6.18 Å². The number of aromatic nitrogens is 1. The summed E-state index contributed by atoms with van der Waals surface area (Å²) in [6.45, 7) is 1.90. The number of rotatable bonds is 3. The van der Waals surface area contributed by atoms with Crippen molar-refractivity contribution in [2.45, 2.75) is 6.18 Å². The lowest BCUT2D eigenvalue weighted by atomic mass is 10.1. The second-order valence-electron chi connectivity index (χ2n) is 5.68. The molecule has 0 aliphatic carbocycles. The molecule has 1 aliphatic heterocycles.